The van der Waals surface area contributed by atoms with Crippen molar-refractivity contribution < 1.29 is 14.0 Å². The number of aromatic nitrogens is 2. The van der Waals surface area contributed by atoms with Gasteiger partial charge < -0.3 is 19.7 Å². The molecule has 1 heterocycles. The van der Waals surface area contributed by atoms with E-state index in [1.54, 1.807) is 19.2 Å². The first-order chi connectivity index (χ1) is 9.24. The van der Waals surface area contributed by atoms with Crippen LogP contribution in [0.3, 0.4) is 0 Å². The number of benzene rings is 1. The van der Waals surface area contributed by atoms with Crippen molar-refractivity contribution in [2.75, 3.05) is 19.5 Å². The summed E-state index contributed by atoms with van der Waals surface area (Å²) in [5.41, 5.74) is 7.12. The molecule has 0 saturated carbocycles. The summed E-state index contributed by atoms with van der Waals surface area (Å²) in [7, 11) is 1.57. The summed E-state index contributed by atoms with van der Waals surface area (Å²) in [5, 5.41) is 3.85. The first-order valence-electron chi connectivity index (χ1n) is 6.08. The van der Waals surface area contributed by atoms with Gasteiger partial charge in [-0.25, -0.2) is 0 Å². The topological polar surface area (TPSA) is 83.4 Å². The van der Waals surface area contributed by atoms with Crippen LogP contribution in [-0.4, -0.2) is 23.9 Å². The van der Waals surface area contributed by atoms with E-state index in [-0.39, 0.29) is 0 Å². The minimum absolute atomic E-state index is 0.350. The zero-order valence-electron chi connectivity index (χ0n) is 11.0. The highest BCUT2D eigenvalue weighted by Gasteiger charge is 2.10. The highest BCUT2D eigenvalue weighted by molar-refractivity contribution is 5.65. The van der Waals surface area contributed by atoms with E-state index in [4.69, 9.17) is 19.7 Å². The summed E-state index contributed by atoms with van der Waals surface area (Å²) in [6, 6.07) is 5.32. The van der Waals surface area contributed by atoms with Gasteiger partial charge in [-0.15, -0.1) is 0 Å². The van der Waals surface area contributed by atoms with Crippen molar-refractivity contribution in [3.63, 3.8) is 0 Å². The Bertz CT molecular complexity index is 540. The molecule has 2 rings (SSSR count). The molecule has 6 nitrogen and oxygen atoms in total. The number of rotatable bonds is 6. The molecule has 0 spiro atoms. The number of nitrogens with two attached hydrogens (primary N) is 1. The highest BCUT2D eigenvalue weighted by Crippen LogP contribution is 2.27. The fraction of sp³-hybridized carbons (Fsp3) is 0.385. The van der Waals surface area contributed by atoms with Gasteiger partial charge in [0, 0.05) is 12.2 Å². The molecule has 0 fully saturated rings. The number of ether oxygens (including phenoxy) is 2. The zero-order valence-corrected chi connectivity index (χ0v) is 11.0. The van der Waals surface area contributed by atoms with Crippen LogP contribution in [0.4, 0.5) is 5.69 Å². The predicted molar refractivity (Wildman–Crippen MR) is 70.6 cm³/mol. The minimum Gasteiger partial charge on any atom is -0.495 e. The molecule has 0 aliphatic carbocycles. The summed E-state index contributed by atoms with van der Waals surface area (Å²) < 4.78 is 15.6. The molecule has 0 aliphatic rings. The van der Waals surface area contributed by atoms with Crippen LogP contribution >= 0.6 is 0 Å². The Balaban J connectivity index is 2.11. The molecule has 0 amide bonds. The van der Waals surface area contributed by atoms with Gasteiger partial charge in [-0.2, -0.15) is 4.98 Å². The first-order valence-corrected chi connectivity index (χ1v) is 6.08. The lowest BCUT2D eigenvalue weighted by Gasteiger charge is -2.04. The number of nitrogen functional groups attached to an aromatic ring is 1. The van der Waals surface area contributed by atoms with E-state index in [2.05, 4.69) is 10.1 Å². The monoisotopic (exact) mass is 263 g/mol. The predicted octanol–water partition coefficient (Wildman–Crippen LogP) is 2.25. The van der Waals surface area contributed by atoms with E-state index >= 15 is 0 Å². The molecular weight excluding hydrogens is 246 g/mol. The summed E-state index contributed by atoms with van der Waals surface area (Å²) >= 11 is 0. The van der Waals surface area contributed by atoms with Gasteiger partial charge in [0.05, 0.1) is 12.8 Å². The average Bonchev–Trinajstić information content (AvgIpc) is 2.88. The number of methoxy groups -OCH3 is 1. The maximum absolute atomic E-state index is 5.83. The van der Waals surface area contributed by atoms with Crippen molar-refractivity contribution in [3.05, 3.63) is 24.0 Å². The van der Waals surface area contributed by atoms with Crippen molar-refractivity contribution in [3.8, 4) is 17.2 Å². The maximum Gasteiger partial charge on any atom is 0.258 e. The second-order valence-corrected chi connectivity index (χ2v) is 4.03. The lowest BCUT2D eigenvalue weighted by Crippen LogP contribution is -1.96. The molecule has 1 aromatic carbocycles. The molecule has 0 bridgehead atoms. The van der Waals surface area contributed by atoms with Crippen LogP contribution < -0.4 is 10.5 Å². The molecule has 0 radical (unpaired) electrons. The molecule has 0 aliphatic heterocycles. The number of hydrogen-bond acceptors (Lipinski definition) is 6. The Labute approximate surface area is 111 Å². The number of nitrogens with zero attached hydrogens (tertiary/aromatic N) is 2. The van der Waals surface area contributed by atoms with E-state index in [1.807, 2.05) is 13.0 Å². The van der Waals surface area contributed by atoms with Gasteiger partial charge >= 0.3 is 0 Å². The van der Waals surface area contributed by atoms with E-state index in [1.165, 1.54) is 0 Å². The van der Waals surface area contributed by atoms with Crippen molar-refractivity contribution in [1.82, 2.24) is 10.1 Å². The number of hydrogen-bond donors (Lipinski definition) is 1. The van der Waals surface area contributed by atoms with Crippen molar-refractivity contribution >= 4 is 5.69 Å². The van der Waals surface area contributed by atoms with Crippen LogP contribution in [0.2, 0.25) is 0 Å². The van der Waals surface area contributed by atoms with E-state index in [9.17, 15) is 0 Å². The highest BCUT2D eigenvalue weighted by atomic mass is 16.5. The zero-order chi connectivity index (χ0) is 13.7. The third-order valence-electron chi connectivity index (χ3n) is 2.52. The Kier molecular flexibility index (Phi) is 4.35. The van der Waals surface area contributed by atoms with E-state index < -0.39 is 0 Å². The lowest BCUT2D eigenvalue weighted by atomic mass is 10.2. The Hall–Kier alpha value is -2.08. The quantitative estimate of drug-likeness (QED) is 0.635. The molecule has 0 saturated heterocycles. The fourth-order valence-corrected chi connectivity index (χ4v) is 1.61. The van der Waals surface area contributed by atoms with E-state index in [0.717, 1.165) is 12.0 Å². The average molecular weight is 263 g/mol. The van der Waals surface area contributed by atoms with Gasteiger partial charge in [0.25, 0.3) is 5.89 Å². The minimum atomic E-state index is 0.350. The second-order valence-electron chi connectivity index (χ2n) is 4.03. The van der Waals surface area contributed by atoms with Gasteiger partial charge in [-0.05, 0) is 24.6 Å². The second kappa shape index (κ2) is 6.19. The van der Waals surface area contributed by atoms with Crippen molar-refractivity contribution in [2.24, 2.45) is 0 Å². The molecule has 19 heavy (non-hydrogen) atoms. The Morgan fingerprint density at radius 2 is 2.21 bits per heavy atom. The van der Waals surface area contributed by atoms with Crippen molar-refractivity contribution in [1.29, 1.82) is 0 Å². The van der Waals surface area contributed by atoms with Gasteiger partial charge in [0.15, 0.2) is 5.82 Å². The molecule has 102 valence electrons. The third kappa shape index (κ3) is 3.23. The molecule has 6 heteroatoms. The van der Waals surface area contributed by atoms with Crippen LogP contribution in [0.15, 0.2) is 22.7 Å². The third-order valence-corrected chi connectivity index (χ3v) is 2.52. The molecular formula is C13H17N3O3. The van der Waals surface area contributed by atoms with Crippen LogP contribution in [0.25, 0.3) is 11.5 Å². The molecule has 2 aromatic rings. The summed E-state index contributed by atoms with van der Waals surface area (Å²) in [5.74, 6) is 1.57. The SMILES string of the molecule is CCCOCc1noc(-c2ccc(OC)c(N)c2)n1. The van der Waals surface area contributed by atoms with Gasteiger partial charge in [0.1, 0.15) is 12.4 Å². The first kappa shape index (κ1) is 13.4. The largest absolute Gasteiger partial charge is 0.495 e. The lowest BCUT2D eigenvalue weighted by molar-refractivity contribution is 0.114. The molecule has 1 aromatic heterocycles. The Morgan fingerprint density at radius 1 is 1.37 bits per heavy atom. The Morgan fingerprint density at radius 3 is 2.89 bits per heavy atom. The summed E-state index contributed by atoms with van der Waals surface area (Å²) in [6.07, 6.45) is 0.958. The molecule has 0 atom stereocenters. The van der Waals surface area contributed by atoms with E-state index in [0.29, 0.717) is 36.4 Å². The maximum atomic E-state index is 5.83. The fourth-order valence-electron chi connectivity index (χ4n) is 1.61. The normalized spacial score (nSPS) is 10.6. The van der Waals surface area contributed by atoms with Gasteiger partial charge in [-0.3, -0.25) is 0 Å². The number of anilines is 1. The summed E-state index contributed by atoms with van der Waals surface area (Å²) in [4.78, 5) is 4.25. The van der Waals surface area contributed by atoms with Crippen LogP contribution in [0.5, 0.6) is 5.75 Å². The van der Waals surface area contributed by atoms with Gasteiger partial charge in [0.2, 0.25) is 0 Å². The van der Waals surface area contributed by atoms with Crippen molar-refractivity contribution in [2.45, 2.75) is 20.0 Å². The van der Waals surface area contributed by atoms with Gasteiger partial charge in [-0.1, -0.05) is 12.1 Å². The van der Waals surface area contributed by atoms with Crippen LogP contribution in [0.1, 0.15) is 19.2 Å². The smallest absolute Gasteiger partial charge is 0.258 e. The molecule has 2 N–H and O–H groups in total. The van der Waals surface area contributed by atoms with Crippen LogP contribution in [0, 0.1) is 0 Å². The standard InChI is InChI=1S/C13H17N3O3/c1-3-6-18-8-12-15-13(19-16-12)9-4-5-11(17-2)10(14)7-9/h4-5,7H,3,6,8,14H2,1-2H3. The summed E-state index contributed by atoms with van der Waals surface area (Å²) in [6.45, 7) is 3.07. The molecule has 0 unspecified atom stereocenters. The van der Waals surface area contributed by atoms with Crippen LogP contribution in [-0.2, 0) is 11.3 Å².